The van der Waals surface area contributed by atoms with Crippen LogP contribution < -0.4 is 4.90 Å². The van der Waals surface area contributed by atoms with Gasteiger partial charge >= 0.3 is 0 Å². The van der Waals surface area contributed by atoms with E-state index in [2.05, 4.69) is 193 Å². The Hall–Kier alpha value is -6.19. The maximum Gasteiger partial charge on any atom is 0.145 e. The van der Waals surface area contributed by atoms with Gasteiger partial charge in [0, 0.05) is 45.3 Å². The van der Waals surface area contributed by atoms with Gasteiger partial charge in [-0.25, -0.2) is 4.98 Å². The molecule has 2 aromatic heterocycles. The lowest BCUT2D eigenvalue weighted by molar-refractivity contribution is 0.646. The summed E-state index contributed by atoms with van der Waals surface area (Å²) in [7, 11) is 0. The summed E-state index contributed by atoms with van der Waals surface area (Å²) in [6.45, 7) is 4.67. The van der Waals surface area contributed by atoms with Crippen molar-refractivity contribution in [2.24, 2.45) is 0 Å². The van der Waals surface area contributed by atoms with Crippen LogP contribution in [0.3, 0.4) is 0 Å². The van der Waals surface area contributed by atoms with Gasteiger partial charge in [0.15, 0.2) is 0 Å². The largest absolute Gasteiger partial charge is 0.311 e. The fourth-order valence-corrected chi connectivity index (χ4v) is 7.65. The number of nitrogens with zero attached hydrogens (tertiary/aromatic N) is 3. The minimum Gasteiger partial charge on any atom is -0.311 e. The lowest BCUT2D eigenvalue weighted by Gasteiger charge is -2.26. The van der Waals surface area contributed by atoms with E-state index in [0.717, 1.165) is 22.7 Å². The van der Waals surface area contributed by atoms with Crippen molar-refractivity contribution in [2.45, 2.75) is 19.3 Å². The number of anilines is 3. The highest BCUT2D eigenvalue weighted by Crippen LogP contribution is 2.51. The molecule has 234 valence electrons. The zero-order valence-electron chi connectivity index (χ0n) is 27.6. The van der Waals surface area contributed by atoms with Gasteiger partial charge in [0.2, 0.25) is 0 Å². The second-order valence-corrected chi connectivity index (χ2v) is 13.3. The summed E-state index contributed by atoms with van der Waals surface area (Å²) < 4.78 is 2.38. The smallest absolute Gasteiger partial charge is 0.145 e. The van der Waals surface area contributed by atoms with Crippen LogP contribution in [-0.2, 0) is 5.41 Å². The van der Waals surface area contributed by atoms with Gasteiger partial charge in [-0.15, -0.1) is 0 Å². The predicted octanol–water partition coefficient (Wildman–Crippen LogP) is 12.1. The zero-order chi connectivity index (χ0) is 33.0. The van der Waals surface area contributed by atoms with Gasteiger partial charge in [0.25, 0.3) is 0 Å². The van der Waals surface area contributed by atoms with Gasteiger partial charge in [-0.3, -0.25) is 4.57 Å². The molecular weight excluding hydrogens is 595 g/mol. The first-order chi connectivity index (χ1) is 24.1. The molecule has 0 aliphatic carbocycles. The maximum absolute atomic E-state index is 4.90. The zero-order valence-corrected chi connectivity index (χ0v) is 27.6. The van der Waals surface area contributed by atoms with Crippen LogP contribution in [0, 0.1) is 0 Å². The highest BCUT2D eigenvalue weighted by atomic mass is 15.1. The molecule has 0 unspecified atom stereocenters. The summed E-state index contributed by atoms with van der Waals surface area (Å²) in [5.41, 5.74) is 15.3. The third-order valence-corrected chi connectivity index (χ3v) is 10.0. The number of hydrogen-bond acceptors (Lipinski definition) is 2. The second-order valence-electron chi connectivity index (χ2n) is 13.3. The maximum atomic E-state index is 4.90. The van der Waals surface area contributed by atoms with E-state index in [1.165, 1.54) is 55.7 Å². The monoisotopic (exact) mass is 629 g/mol. The molecule has 0 saturated carbocycles. The third-order valence-electron chi connectivity index (χ3n) is 10.0. The fourth-order valence-electron chi connectivity index (χ4n) is 7.65. The quantitative estimate of drug-likeness (QED) is 0.182. The molecule has 9 rings (SSSR count). The third kappa shape index (κ3) is 4.77. The van der Waals surface area contributed by atoms with E-state index >= 15 is 0 Å². The average Bonchev–Trinajstić information content (AvgIpc) is 3.64. The SMILES string of the molecule is CC1(C)c2ccccc2-n2c1c(-c1ccc(N(c3ccc(-c4ccccc4)cc3)c3ccc(-c4ccccc4)cc3)cc1)c1cccnc12. The molecule has 0 saturated heterocycles. The molecule has 3 heterocycles. The summed E-state index contributed by atoms with van der Waals surface area (Å²) in [5.74, 6) is 0. The number of aromatic nitrogens is 2. The number of hydrogen-bond donors (Lipinski definition) is 0. The van der Waals surface area contributed by atoms with Gasteiger partial charge in [0.05, 0.1) is 5.69 Å². The molecule has 49 heavy (non-hydrogen) atoms. The standard InChI is InChI=1S/C46H35N3/c1-46(2)41-17-9-10-18-42(41)49-44(46)43(40-16-11-31-47-45(40)49)36-23-29-39(30-24-36)48(37-25-19-34(20-26-37)32-12-5-3-6-13-32)38-27-21-35(22-28-38)33-14-7-4-8-15-33/h3-31H,1-2H3. The molecule has 3 heteroatoms. The Balaban J connectivity index is 1.16. The molecule has 1 aliphatic rings. The van der Waals surface area contributed by atoms with E-state index in [0.29, 0.717) is 0 Å². The Morgan fingerprint density at radius 2 is 0.939 bits per heavy atom. The van der Waals surface area contributed by atoms with E-state index in [1.54, 1.807) is 0 Å². The van der Waals surface area contributed by atoms with Crippen LogP contribution in [0.1, 0.15) is 25.1 Å². The summed E-state index contributed by atoms with van der Waals surface area (Å²) >= 11 is 0. The lowest BCUT2D eigenvalue weighted by Crippen LogP contribution is -2.16. The Morgan fingerprint density at radius 3 is 1.49 bits per heavy atom. The molecular formula is C46H35N3. The predicted molar refractivity (Wildman–Crippen MR) is 204 cm³/mol. The van der Waals surface area contributed by atoms with E-state index < -0.39 is 0 Å². The molecule has 8 aromatic rings. The van der Waals surface area contributed by atoms with Crippen LogP contribution in [0.4, 0.5) is 17.1 Å². The topological polar surface area (TPSA) is 21.1 Å². The van der Waals surface area contributed by atoms with E-state index in [9.17, 15) is 0 Å². The van der Waals surface area contributed by atoms with Crippen molar-refractivity contribution in [3.8, 4) is 39.1 Å². The highest BCUT2D eigenvalue weighted by molar-refractivity contribution is 6.00. The number of pyridine rings is 1. The Bertz CT molecular complexity index is 2340. The summed E-state index contributed by atoms with van der Waals surface area (Å²) in [6.07, 6.45) is 1.90. The highest BCUT2D eigenvalue weighted by Gasteiger charge is 2.40. The fraction of sp³-hybridized carbons (Fsp3) is 0.0652. The average molecular weight is 630 g/mol. The van der Waals surface area contributed by atoms with E-state index in [4.69, 9.17) is 4.98 Å². The second kappa shape index (κ2) is 11.5. The van der Waals surface area contributed by atoms with Crippen LogP contribution in [0.2, 0.25) is 0 Å². The molecule has 0 spiro atoms. The summed E-state index contributed by atoms with van der Waals surface area (Å²) in [6, 6.07) is 60.9. The first kappa shape index (κ1) is 29.0. The van der Waals surface area contributed by atoms with Crippen LogP contribution in [-0.4, -0.2) is 9.55 Å². The Morgan fingerprint density at radius 1 is 0.469 bits per heavy atom. The van der Waals surface area contributed by atoms with Gasteiger partial charge in [-0.2, -0.15) is 0 Å². The molecule has 1 aliphatic heterocycles. The molecule has 0 amide bonds. The number of rotatable bonds is 6. The van der Waals surface area contributed by atoms with Gasteiger partial charge < -0.3 is 4.90 Å². The molecule has 0 fully saturated rings. The summed E-state index contributed by atoms with van der Waals surface area (Å²) in [4.78, 5) is 7.25. The van der Waals surface area contributed by atoms with Crippen molar-refractivity contribution in [3.63, 3.8) is 0 Å². The van der Waals surface area contributed by atoms with Crippen molar-refractivity contribution in [2.75, 3.05) is 4.90 Å². The van der Waals surface area contributed by atoms with Crippen LogP contribution in [0.5, 0.6) is 0 Å². The van der Waals surface area contributed by atoms with Crippen molar-refractivity contribution in [3.05, 3.63) is 187 Å². The van der Waals surface area contributed by atoms with Gasteiger partial charge in [-0.05, 0) is 88.0 Å². The number of fused-ring (bicyclic) bond motifs is 5. The number of para-hydroxylation sites is 1. The Kier molecular flexibility index (Phi) is 6.80. The van der Waals surface area contributed by atoms with Crippen molar-refractivity contribution >= 4 is 28.1 Å². The van der Waals surface area contributed by atoms with Crippen LogP contribution in [0.15, 0.2) is 176 Å². The van der Waals surface area contributed by atoms with E-state index in [1.807, 2.05) is 6.20 Å². The van der Waals surface area contributed by atoms with Crippen molar-refractivity contribution < 1.29 is 0 Å². The van der Waals surface area contributed by atoms with Crippen LogP contribution in [0.25, 0.3) is 50.1 Å². The summed E-state index contributed by atoms with van der Waals surface area (Å²) in [5, 5.41) is 1.18. The minimum atomic E-state index is -0.168. The normalized spacial score (nSPS) is 12.9. The molecule has 3 nitrogen and oxygen atoms in total. The van der Waals surface area contributed by atoms with Crippen molar-refractivity contribution in [1.29, 1.82) is 0 Å². The number of benzene rings is 6. The molecule has 0 bridgehead atoms. The first-order valence-corrected chi connectivity index (χ1v) is 16.9. The van der Waals surface area contributed by atoms with E-state index in [-0.39, 0.29) is 5.41 Å². The van der Waals surface area contributed by atoms with Crippen molar-refractivity contribution in [1.82, 2.24) is 9.55 Å². The van der Waals surface area contributed by atoms with Crippen LogP contribution >= 0.6 is 0 Å². The molecule has 0 N–H and O–H groups in total. The molecule has 0 radical (unpaired) electrons. The first-order valence-electron chi connectivity index (χ1n) is 16.9. The van der Waals surface area contributed by atoms with Gasteiger partial charge in [0.1, 0.15) is 5.65 Å². The Labute approximate surface area is 287 Å². The minimum absolute atomic E-state index is 0.168. The van der Waals surface area contributed by atoms with Gasteiger partial charge in [-0.1, -0.05) is 129 Å². The molecule has 0 atom stereocenters. The molecule has 6 aromatic carbocycles. The lowest BCUT2D eigenvalue weighted by atomic mass is 9.80.